The van der Waals surface area contributed by atoms with Crippen LogP contribution in [0.4, 0.5) is 0 Å². The number of rotatable bonds is 2. The smallest absolute Gasteiger partial charge is 0.307 e. The minimum Gasteiger partial charge on any atom is -0.481 e. The third-order valence-corrected chi connectivity index (χ3v) is 5.27. The Bertz CT molecular complexity index is 347. The molecule has 1 amide bonds. The first-order chi connectivity index (χ1) is 8.50. The molecule has 0 bridgehead atoms. The summed E-state index contributed by atoms with van der Waals surface area (Å²) >= 11 is 1.86. The minimum atomic E-state index is -0.809. The van der Waals surface area contributed by atoms with Gasteiger partial charge in [0.1, 0.15) is 0 Å². The topological polar surface area (TPSA) is 57.6 Å². The van der Waals surface area contributed by atoms with E-state index in [1.807, 2.05) is 23.6 Å². The average Bonchev–Trinajstić information content (AvgIpc) is 2.71. The molecule has 18 heavy (non-hydrogen) atoms. The largest absolute Gasteiger partial charge is 0.481 e. The molecule has 0 aromatic carbocycles. The molecule has 1 N–H and O–H groups in total. The lowest BCUT2D eigenvalue weighted by Crippen LogP contribution is -2.48. The predicted octanol–water partition coefficient (Wildman–Crippen LogP) is 1.70. The molecule has 1 aliphatic carbocycles. The Labute approximate surface area is 112 Å². The quantitative estimate of drug-likeness (QED) is 0.830. The van der Waals surface area contributed by atoms with E-state index in [0.29, 0.717) is 12.3 Å². The number of aliphatic carboxylic acids is 1. The Balaban J connectivity index is 2.09. The molecular formula is C13H21NO3S. The van der Waals surface area contributed by atoms with Gasteiger partial charge in [0.25, 0.3) is 0 Å². The van der Waals surface area contributed by atoms with Crippen molar-refractivity contribution in [3.8, 4) is 0 Å². The molecule has 0 spiro atoms. The van der Waals surface area contributed by atoms with Gasteiger partial charge in [-0.05, 0) is 25.7 Å². The van der Waals surface area contributed by atoms with Crippen LogP contribution in [0.1, 0.15) is 26.7 Å². The van der Waals surface area contributed by atoms with E-state index in [1.54, 1.807) is 0 Å². The van der Waals surface area contributed by atoms with Crippen LogP contribution in [-0.2, 0) is 9.59 Å². The molecule has 102 valence electrons. The summed E-state index contributed by atoms with van der Waals surface area (Å²) in [4.78, 5) is 25.7. The Kier molecular flexibility index (Phi) is 4.20. The zero-order valence-electron chi connectivity index (χ0n) is 11.0. The number of carbonyl (C=O) groups excluding carboxylic acids is 1. The van der Waals surface area contributed by atoms with Gasteiger partial charge in [0.2, 0.25) is 5.91 Å². The molecule has 4 atom stereocenters. The second-order valence-electron chi connectivity index (χ2n) is 5.58. The molecule has 1 aliphatic heterocycles. The Morgan fingerprint density at radius 2 is 1.89 bits per heavy atom. The summed E-state index contributed by atoms with van der Waals surface area (Å²) in [5.74, 6) is 0.755. The maximum absolute atomic E-state index is 12.5. The van der Waals surface area contributed by atoms with Crippen LogP contribution in [0, 0.1) is 17.8 Å². The first-order valence-corrected chi connectivity index (χ1v) is 7.77. The maximum Gasteiger partial charge on any atom is 0.307 e. The van der Waals surface area contributed by atoms with E-state index in [4.69, 9.17) is 0 Å². The molecule has 1 saturated heterocycles. The zero-order valence-corrected chi connectivity index (χ0v) is 11.8. The fraction of sp³-hybridized carbons (Fsp3) is 0.846. The van der Waals surface area contributed by atoms with Gasteiger partial charge in [0.15, 0.2) is 0 Å². The third kappa shape index (κ3) is 2.66. The second kappa shape index (κ2) is 5.51. The molecule has 0 aromatic rings. The van der Waals surface area contributed by atoms with Crippen LogP contribution >= 0.6 is 11.8 Å². The number of nitrogens with zero attached hydrogens (tertiary/aromatic N) is 1. The number of hydrogen-bond acceptors (Lipinski definition) is 3. The van der Waals surface area contributed by atoms with E-state index in [1.165, 1.54) is 0 Å². The van der Waals surface area contributed by atoms with Crippen LogP contribution in [0.3, 0.4) is 0 Å². The fourth-order valence-corrected chi connectivity index (χ4v) is 4.12. The molecule has 2 rings (SSSR count). The summed E-state index contributed by atoms with van der Waals surface area (Å²) in [6.45, 7) is 4.86. The average molecular weight is 271 g/mol. The third-order valence-electron chi connectivity index (χ3n) is 4.08. The molecule has 4 nitrogen and oxygen atoms in total. The predicted molar refractivity (Wildman–Crippen MR) is 71.5 cm³/mol. The van der Waals surface area contributed by atoms with Gasteiger partial charge in [-0.15, -0.1) is 0 Å². The van der Waals surface area contributed by atoms with Gasteiger partial charge in [-0.1, -0.05) is 6.92 Å². The highest BCUT2D eigenvalue weighted by Crippen LogP contribution is 2.38. The molecule has 2 fully saturated rings. The van der Waals surface area contributed by atoms with Gasteiger partial charge >= 0.3 is 5.97 Å². The Morgan fingerprint density at radius 1 is 1.22 bits per heavy atom. The lowest BCUT2D eigenvalue weighted by Gasteiger charge is -2.35. The van der Waals surface area contributed by atoms with E-state index < -0.39 is 11.9 Å². The van der Waals surface area contributed by atoms with Crippen molar-refractivity contribution in [2.45, 2.75) is 32.7 Å². The summed E-state index contributed by atoms with van der Waals surface area (Å²) < 4.78 is 0. The van der Waals surface area contributed by atoms with E-state index in [2.05, 4.69) is 6.92 Å². The Hall–Kier alpha value is -0.710. The minimum absolute atomic E-state index is 0.0690. The van der Waals surface area contributed by atoms with Crippen LogP contribution in [-0.4, -0.2) is 46.0 Å². The molecule has 2 aliphatic rings. The molecule has 1 saturated carbocycles. The van der Waals surface area contributed by atoms with Crippen LogP contribution in [0.5, 0.6) is 0 Å². The number of carboxylic acids is 1. The lowest BCUT2D eigenvalue weighted by atomic mass is 9.94. The first kappa shape index (κ1) is 13.7. The van der Waals surface area contributed by atoms with Gasteiger partial charge in [-0.2, -0.15) is 11.8 Å². The van der Waals surface area contributed by atoms with Gasteiger partial charge < -0.3 is 10.0 Å². The van der Waals surface area contributed by atoms with Crippen LogP contribution in [0.25, 0.3) is 0 Å². The van der Waals surface area contributed by atoms with Gasteiger partial charge in [-0.25, -0.2) is 0 Å². The van der Waals surface area contributed by atoms with Crippen molar-refractivity contribution in [1.82, 2.24) is 4.90 Å². The van der Waals surface area contributed by atoms with Crippen molar-refractivity contribution in [2.24, 2.45) is 17.8 Å². The van der Waals surface area contributed by atoms with Crippen molar-refractivity contribution in [3.05, 3.63) is 0 Å². The highest BCUT2D eigenvalue weighted by atomic mass is 32.2. The Morgan fingerprint density at radius 3 is 2.50 bits per heavy atom. The molecule has 5 heteroatoms. The number of thioether (sulfide) groups is 1. The molecular weight excluding hydrogens is 250 g/mol. The normalized spacial score (nSPS) is 36.7. The van der Waals surface area contributed by atoms with Crippen molar-refractivity contribution < 1.29 is 14.7 Å². The highest BCUT2D eigenvalue weighted by molar-refractivity contribution is 7.99. The zero-order chi connectivity index (χ0) is 13.3. The van der Waals surface area contributed by atoms with Crippen molar-refractivity contribution in [1.29, 1.82) is 0 Å². The van der Waals surface area contributed by atoms with Gasteiger partial charge in [0.05, 0.1) is 11.8 Å². The standard InChI is InChI=1S/C13H21NO3S/c1-8-5-10(11(6-8)13(16)17)12(15)14-3-4-18-7-9(14)2/h8-11H,3-7H2,1-2H3,(H,16,17). The molecule has 0 radical (unpaired) electrons. The summed E-state index contributed by atoms with van der Waals surface area (Å²) in [5.41, 5.74) is 0. The highest BCUT2D eigenvalue weighted by Gasteiger charge is 2.43. The summed E-state index contributed by atoms with van der Waals surface area (Å²) in [6, 6.07) is 0.238. The summed E-state index contributed by atoms with van der Waals surface area (Å²) in [7, 11) is 0. The first-order valence-electron chi connectivity index (χ1n) is 6.61. The monoisotopic (exact) mass is 271 g/mol. The summed E-state index contributed by atoms with van der Waals surface area (Å²) in [6.07, 6.45) is 1.37. The second-order valence-corrected chi connectivity index (χ2v) is 6.73. The maximum atomic E-state index is 12.5. The van der Waals surface area contributed by atoms with Crippen LogP contribution in [0.15, 0.2) is 0 Å². The van der Waals surface area contributed by atoms with Crippen molar-refractivity contribution in [3.63, 3.8) is 0 Å². The SMILES string of the molecule is CC1CC(C(=O)O)C(C(=O)N2CCSCC2C)C1. The number of hydrogen-bond donors (Lipinski definition) is 1. The molecule has 4 unspecified atom stereocenters. The molecule has 0 aromatic heterocycles. The van der Waals surface area contributed by atoms with E-state index in [0.717, 1.165) is 24.5 Å². The van der Waals surface area contributed by atoms with Crippen molar-refractivity contribution in [2.75, 3.05) is 18.1 Å². The number of carbonyl (C=O) groups is 2. The van der Waals surface area contributed by atoms with Gasteiger partial charge in [-0.3, -0.25) is 9.59 Å². The lowest BCUT2D eigenvalue weighted by molar-refractivity contribution is -0.149. The van der Waals surface area contributed by atoms with Crippen LogP contribution in [0.2, 0.25) is 0 Å². The van der Waals surface area contributed by atoms with E-state index in [9.17, 15) is 14.7 Å². The number of carboxylic acid groups (broad SMARTS) is 1. The number of amides is 1. The molecule has 1 heterocycles. The van der Waals surface area contributed by atoms with E-state index in [-0.39, 0.29) is 17.9 Å². The van der Waals surface area contributed by atoms with Crippen LogP contribution < -0.4 is 0 Å². The van der Waals surface area contributed by atoms with Crippen molar-refractivity contribution >= 4 is 23.6 Å². The summed E-state index contributed by atoms with van der Waals surface area (Å²) in [5, 5.41) is 9.24. The van der Waals surface area contributed by atoms with E-state index >= 15 is 0 Å². The fourth-order valence-electron chi connectivity index (χ4n) is 3.11. The van der Waals surface area contributed by atoms with Gasteiger partial charge in [0, 0.05) is 24.1 Å².